The van der Waals surface area contributed by atoms with Crippen molar-refractivity contribution in [3.63, 3.8) is 0 Å². The predicted molar refractivity (Wildman–Crippen MR) is 80.2 cm³/mol. The average Bonchev–Trinajstić information content (AvgIpc) is 2.91. The highest BCUT2D eigenvalue weighted by Crippen LogP contribution is 2.33. The first-order valence-electron chi connectivity index (χ1n) is 6.74. The Balaban J connectivity index is 1.79. The lowest BCUT2D eigenvalue weighted by Crippen LogP contribution is -2.04. The lowest BCUT2D eigenvalue weighted by atomic mass is 9.85. The summed E-state index contributed by atoms with van der Waals surface area (Å²) in [5.41, 5.74) is 5.44. The molecule has 0 unspecified atom stereocenters. The molecule has 0 aliphatic heterocycles. The monoisotopic (exact) mass is 245 g/mol. The van der Waals surface area contributed by atoms with Gasteiger partial charge >= 0.3 is 0 Å². The van der Waals surface area contributed by atoms with Crippen molar-refractivity contribution >= 4 is 17.0 Å². The lowest BCUT2D eigenvalue weighted by Gasteiger charge is -2.19. The van der Waals surface area contributed by atoms with Gasteiger partial charge in [0, 0.05) is 23.0 Å². The second kappa shape index (κ2) is 4.13. The van der Waals surface area contributed by atoms with Gasteiger partial charge in [0.15, 0.2) is 0 Å². The van der Waals surface area contributed by atoms with Crippen LogP contribution in [0.1, 0.15) is 22.6 Å². The van der Waals surface area contributed by atoms with E-state index in [9.17, 15) is 0 Å². The SMILES string of the molecule is C1=C[C@@H](c2c[nH]c3ccccc23)Cc2ccccc21. The van der Waals surface area contributed by atoms with Crippen LogP contribution in [0.4, 0.5) is 0 Å². The molecular weight excluding hydrogens is 230 g/mol. The highest BCUT2D eigenvalue weighted by molar-refractivity contribution is 5.84. The lowest BCUT2D eigenvalue weighted by molar-refractivity contribution is 0.834. The minimum absolute atomic E-state index is 0.478. The standard InChI is InChI=1S/C18H15N/c1-2-6-14-11-15(10-9-13(14)5-1)17-12-19-18-8-4-3-7-16(17)18/h1-10,12,15,19H,11H2/t15-/m1/s1. The molecule has 1 aliphatic carbocycles. The van der Waals surface area contributed by atoms with Crippen molar-refractivity contribution < 1.29 is 0 Å². The van der Waals surface area contributed by atoms with Crippen LogP contribution in [0.2, 0.25) is 0 Å². The smallest absolute Gasteiger partial charge is 0.0457 e. The number of allylic oxidation sites excluding steroid dienone is 1. The molecule has 0 saturated carbocycles. The Morgan fingerprint density at radius 2 is 1.79 bits per heavy atom. The summed E-state index contributed by atoms with van der Waals surface area (Å²) in [6.45, 7) is 0. The molecule has 0 fully saturated rings. The molecule has 19 heavy (non-hydrogen) atoms. The number of fused-ring (bicyclic) bond motifs is 2. The van der Waals surface area contributed by atoms with E-state index in [0.29, 0.717) is 5.92 Å². The quantitative estimate of drug-likeness (QED) is 0.648. The Bertz CT molecular complexity index is 764. The fourth-order valence-electron chi connectivity index (χ4n) is 3.02. The van der Waals surface area contributed by atoms with E-state index in [0.717, 1.165) is 6.42 Å². The van der Waals surface area contributed by atoms with Gasteiger partial charge in [0.1, 0.15) is 0 Å². The van der Waals surface area contributed by atoms with Crippen molar-refractivity contribution in [1.82, 2.24) is 4.98 Å². The van der Waals surface area contributed by atoms with E-state index in [2.05, 4.69) is 71.9 Å². The molecule has 0 amide bonds. The summed E-state index contributed by atoms with van der Waals surface area (Å²) in [5, 5.41) is 1.34. The Morgan fingerprint density at radius 1 is 0.947 bits per heavy atom. The van der Waals surface area contributed by atoms with Crippen LogP contribution in [0.25, 0.3) is 17.0 Å². The second-order valence-electron chi connectivity index (χ2n) is 5.16. The number of hydrogen-bond acceptors (Lipinski definition) is 0. The highest BCUT2D eigenvalue weighted by atomic mass is 14.7. The number of nitrogens with one attached hydrogen (secondary N) is 1. The largest absolute Gasteiger partial charge is 0.361 e. The number of aromatic nitrogens is 1. The molecule has 0 radical (unpaired) electrons. The summed E-state index contributed by atoms with van der Waals surface area (Å²) in [5.74, 6) is 0.478. The molecule has 2 aromatic carbocycles. The fraction of sp³-hybridized carbons (Fsp3) is 0.111. The van der Waals surface area contributed by atoms with Crippen LogP contribution in [0.5, 0.6) is 0 Å². The third-order valence-corrected chi connectivity index (χ3v) is 4.02. The molecule has 1 atom stereocenters. The molecule has 92 valence electrons. The normalized spacial score (nSPS) is 17.6. The summed E-state index contributed by atoms with van der Waals surface area (Å²) in [7, 11) is 0. The van der Waals surface area contributed by atoms with Crippen molar-refractivity contribution in [1.29, 1.82) is 0 Å². The Kier molecular flexibility index (Phi) is 2.31. The maximum Gasteiger partial charge on any atom is 0.0457 e. The summed E-state index contributed by atoms with van der Waals surface area (Å²) < 4.78 is 0. The maximum atomic E-state index is 3.38. The fourth-order valence-corrected chi connectivity index (χ4v) is 3.02. The molecule has 0 bridgehead atoms. The van der Waals surface area contributed by atoms with Crippen molar-refractivity contribution in [3.8, 4) is 0 Å². The number of rotatable bonds is 1. The zero-order chi connectivity index (χ0) is 12.7. The number of hydrogen-bond donors (Lipinski definition) is 1. The molecule has 1 nitrogen and oxygen atoms in total. The zero-order valence-electron chi connectivity index (χ0n) is 10.6. The van der Waals surface area contributed by atoms with E-state index in [-0.39, 0.29) is 0 Å². The van der Waals surface area contributed by atoms with E-state index in [1.807, 2.05) is 0 Å². The summed E-state index contributed by atoms with van der Waals surface area (Å²) in [4.78, 5) is 3.38. The Hall–Kier alpha value is -2.28. The van der Waals surface area contributed by atoms with Crippen LogP contribution >= 0.6 is 0 Å². The van der Waals surface area contributed by atoms with E-state index >= 15 is 0 Å². The molecule has 0 saturated heterocycles. The predicted octanol–water partition coefficient (Wildman–Crippen LogP) is 4.52. The topological polar surface area (TPSA) is 15.8 Å². The van der Waals surface area contributed by atoms with Gasteiger partial charge in [0.05, 0.1) is 0 Å². The van der Waals surface area contributed by atoms with Crippen molar-refractivity contribution in [2.45, 2.75) is 12.3 Å². The van der Waals surface area contributed by atoms with Gasteiger partial charge in [-0.25, -0.2) is 0 Å². The van der Waals surface area contributed by atoms with Crippen LogP contribution in [-0.2, 0) is 6.42 Å². The van der Waals surface area contributed by atoms with Crippen LogP contribution in [0, 0.1) is 0 Å². The number of benzene rings is 2. The van der Waals surface area contributed by atoms with Gasteiger partial charge in [-0.15, -0.1) is 0 Å². The first kappa shape index (κ1) is 10.6. The minimum Gasteiger partial charge on any atom is -0.361 e. The van der Waals surface area contributed by atoms with E-state index in [1.165, 1.54) is 27.6 Å². The van der Waals surface area contributed by atoms with Crippen molar-refractivity contribution in [3.05, 3.63) is 77.5 Å². The molecule has 1 heterocycles. The second-order valence-corrected chi connectivity index (χ2v) is 5.16. The summed E-state index contributed by atoms with van der Waals surface area (Å²) >= 11 is 0. The van der Waals surface area contributed by atoms with E-state index in [4.69, 9.17) is 0 Å². The van der Waals surface area contributed by atoms with Gasteiger partial charge < -0.3 is 4.98 Å². The van der Waals surface area contributed by atoms with Gasteiger partial charge in [-0.2, -0.15) is 0 Å². The van der Waals surface area contributed by atoms with E-state index < -0.39 is 0 Å². The summed E-state index contributed by atoms with van der Waals surface area (Å²) in [6.07, 6.45) is 7.84. The van der Waals surface area contributed by atoms with Gasteiger partial charge in [-0.05, 0) is 29.2 Å². The van der Waals surface area contributed by atoms with Crippen LogP contribution in [-0.4, -0.2) is 4.98 Å². The van der Waals surface area contributed by atoms with Gasteiger partial charge in [0.2, 0.25) is 0 Å². The zero-order valence-corrected chi connectivity index (χ0v) is 10.6. The Labute approximate surface area is 112 Å². The maximum absolute atomic E-state index is 3.38. The average molecular weight is 245 g/mol. The molecule has 1 N–H and O–H groups in total. The Morgan fingerprint density at radius 3 is 2.79 bits per heavy atom. The van der Waals surface area contributed by atoms with E-state index in [1.54, 1.807) is 0 Å². The van der Waals surface area contributed by atoms with Crippen molar-refractivity contribution in [2.24, 2.45) is 0 Å². The first-order valence-corrected chi connectivity index (χ1v) is 6.74. The highest BCUT2D eigenvalue weighted by Gasteiger charge is 2.17. The molecule has 4 rings (SSSR count). The third-order valence-electron chi connectivity index (χ3n) is 4.02. The molecular formula is C18H15N. The van der Waals surface area contributed by atoms with Gasteiger partial charge in [-0.3, -0.25) is 0 Å². The molecule has 0 spiro atoms. The van der Waals surface area contributed by atoms with Crippen LogP contribution in [0.3, 0.4) is 0 Å². The van der Waals surface area contributed by atoms with Crippen molar-refractivity contribution in [2.75, 3.05) is 0 Å². The molecule has 1 aliphatic rings. The molecule has 1 heteroatoms. The number of aromatic amines is 1. The minimum atomic E-state index is 0.478. The number of para-hydroxylation sites is 1. The van der Waals surface area contributed by atoms with Gasteiger partial charge in [0.25, 0.3) is 0 Å². The van der Waals surface area contributed by atoms with Gasteiger partial charge in [-0.1, -0.05) is 54.6 Å². The van der Waals surface area contributed by atoms with Crippen LogP contribution < -0.4 is 0 Å². The van der Waals surface area contributed by atoms with Crippen LogP contribution in [0.15, 0.2) is 60.8 Å². The molecule has 1 aromatic heterocycles. The molecule has 3 aromatic rings. The third kappa shape index (κ3) is 1.70. The summed E-state index contributed by atoms with van der Waals surface area (Å²) in [6, 6.07) is 17.2. The first-order chi connectivity index (χ1) is 9.42. The number of H-pyrrole nitrogens is 1.